The second-order valence-electron chi connectivity index (χ2n) is 4.12. The van der Waals surface area contributed by atoms with Crippen LogP contribution in [0.15, 0.2) is 0 Å². The largest absolute Gasteiger partial charge is 0.378 e. The van der Waals surface area contributed by atoms with Gasteiger partial charge >= 0.3 is 0 Å². The van der Waals surface area contributed by atoms with Gasteiger partial charge in [0.15, 0.2) is 0 Å². The summed E-state index contributed by atoms with van der Waals surface area (Å²) in [5.74, 6) is -2.44. The number of ether oxygens (including phenoxy) is 1. The molecule has 2 fully saturated rings. The van der Waals surface area contributed by atoms with E-state index in [1.165, 1.54) is 0 Å². The van der Waals surface area contributed by atoms with E-state index in [1.807, 2.05) is 0 Å². The van der Waals surface area contributed by atoms with Gasteiger partial charge in [0.05, 0.1) is 13.2 Å². The van der Waals surface area contributed by atoms with Gasteiger partial charge in [0.1, 0.15) is 0 Å². The number of halogens is 2. The Morgan fingerprint density at radius 3 is 2.31 bits per heavy atom. The number of hydrogen-bond donors (Lipinski definition) is 1. The number of nitrogens with one attached hydrogen (secondary N) is 1. The monoisotopic (exact) mass is 191 g/mol. The third-order valence-corrected chi connectivity index (χ3v) is 3.06. The van der Waals surface area contributed by atoms with Crippen molar-refractivity contribution < 1.29 is 13.5 Å². The van der Waals surface area contributed by atoms with Crippen molar-refractivity contribution >= 4 is 0 Å². The molecule has 0 aromatic carbocycles. The van der Waals surface area contributed by atoms with Crippen LogP contribution in [-0.2, 0) is 4.74 Å². The molecule has 4 heteroatoms. The minimum atomic E-state index is -2.44. The minimum Gasteiger partial charge on any atom is -0.378 e. The maximum atomic E-state index is 12.9. The van der Waals surface area contributed by atoms with Gasteiger partial charge in [-0.2, -0.15) is 0 Å². The van der Waals surface area contributed by atoms with E-state index in [4.69, 9.17) is 4.74 Å². The van der Waals surface area contributed by atoms with Gasteiger partial charge in [-0.15, -0.1) is 0 Å². The normalized spacial score (nSPS) is 31.8. The van der Waals surface area contributed by atoms with E-state index in [2.05, 4.69) is 5.32 Å². The van der Waals surface area contributed by atoms with Crippen LogP contribution in [0, 0.1) is 0 Å². The molecule has 1 N–H and O–H groups in total. The van der Waals surface area contributed by atoms with Crippen LogP contribution in [0.3, 0.4) is 0 Å². The molecule has 2 nitrogen and oxygen atoms in total. The topological polar surface area (TPSA) is 21.3 Å². The van der Waals surface area contributed by atoms with E-state index in [0.29, 0.717) is 26.1 Å². The second-order valence-corrected chi connectivity index (χ2v) is 4.12. The van der Waals surface area contributed by atoms with Crippen LogP contribution in [0.1, 0.15) is 25.7 Å². The third-order valence-electron chi connectivity index (χ3n) is 3.06. The van der Waals surface area contributed by atoms with Gasteiger partial charge in [-0.1, -0.05) is 0 Å². The zero-order valence-corrected chi connectivity index (χ0v) is 7.61. The summed E-state index contributed by atoms with van der Waals surface area (Å²) in [7, 11) is 0. The zero-order chi connectivity index (χ0) is 9.36. The lowest BCUT2D eigenvalue weighted by Gasteiger charge is -2.43. The van der Waals surface area contributed by atoms with E-state index >= 15 is 0 Å². The summed E-state index contributed by atoms with van der Waals surface area (Å²) >= 11 is 0. The average molecular weight is 191 g/mol. The Kier molecular flexibility index (Phi) is 2.28. The highest BCUT2D eigenvalue weighted by atomic mass is 19.3. The summed E-state index contributed by atoms with van der Waals surface area (Å²) in [6, 6.07) is 0. The first-order valence-corrected chi connectivity index (χ1v) is 4.83. The SMILES string of the molecule is FC1(F)CCC2(CC1)COCCN2. The molecule has 1 heterocycles. The Labute approximate surface area is 76.6 Å². The first-order chi connectivity index (χ1) is 6.12. The predicted molar refractivity (Wildman–Crippen MR) is 45.0 cm³/mol. The summed E-state index contributed by atoms with van der Waals surface area (Å²) in [5.41, 5.74) is -0.139. The van der Waals surface area contributed by atoms with Crippen LogP contribution >= 0.6 is 0 Å². The minimum absolute atomic E-state index is 0.00333. The molecule has 0 aromatic heterocycles. The van der Waals surface area contributed by atoms with E-state index in [1.54, 1.807) is 0 Å². The van der Waals surface area contributed by atoms with Gasteiger partial charge in [-0.05, 0) is 12.8 Å². The molecule has 2 aliphatic rings. The maximum absolute atomic E-state index is 12.9. The van der Waals surface area contributed by atoms with E-state index in [0.717, 1.165) is 6.54 Å². The van der Waals surface area contributed by atoms with Crippen LogP contribution in [0.4, 0.5) is 8.78 Å². The van der Waals surface area contributed by atoms with Crippen molar-refractivity contribution in [3.8, 4) is 0 Å². The van der Waals surface area contributed by atoms with Gasteiger partial charge in [0.25, 0.3) is 0 Å². The molecule has 0 unspecified atom stereocenters. The predicted octanol–water partition coefficient (Wildman–Crippen LogP) is 1.55. The van der Waals surface area contributed by atoms with Gasteiger partial charge < -0.3 is 10.1 Å². The number of hydrogen-bond acceptors (Lipinski definition) is 2. The van der Waals surface area contributed by atoms with Crippen molar-refractivity contribution in [2.24, 2.45) is 0 Å². The van der Waals surface area contributed by atoms with Crippen molar-refractivity contribution in [3.05, 3.63) is 0 Å². The van der Waals surface area contributed by atoms with Gasteiger partial charge in [0, 0.05) is 24.9 Å². The highest BCUT2D eigenvalue weighted by Gasteiger charge is 2.44. The molecule has 1 aliphatic carbocycles. The van der Waals surface area contributed by atoms with Crippen molar-refractivity contribution in [3.63, 3.8) is 0 Å². The van der Waals surface area contributed by atoms with Crippen LogP contribution < -0.4 is 5.32 Å². The molecule has 1 saturated heterocycles. The van der Waals surface area contributed by atoms with E-state index in [-0.39, 0.29) is 18.4 Å². The molecule has 2 rings (SSSR count). The quantitative estimate of drug-likeness (QED) is 0.627. The van der Waals surface area contributed by atoms with Gasteiger partial charge in [-0.25, -0.2) is 8.78 Å². The molecule has 0 bridgehead atoms. The molecule has 0 atom stereocenters. The summed E-state index contributed by atoms with van der Waals surface area (Å²) < 4.78 is 31.1. The molecular formula is C9H15F2NO. The van der Waals surface area contributed by atoms with Crippen molar-refractivity contribution in [1.82, 2.24) is 5.32 Å². The smallest absolute Gasteiger partial charge is 0.248 e. The molecule has 1 spiro atoms. The molecule has 13 heavy (non-hydrogen) atoms. The number of morpholine rings is 1. The molecule has 1 aliphatic heterocycles. The molecule has 1 saturated carbocycles. The highest BCUT2D eigenvalue weighted by molar-refractivity contribution is 4.96. The number of rotatable bonds is 0. The van der Waals surface area contributed by atoms with Crippen LogP contribution in [0.25, 0.3) is 0 Å². The Bertz CT molecular complexity index is 178. The summed E-state index contributed by atoms with van der Waals surface area (Å²) in [5, 5.41) is 3.31. The zero-order valence-electron chi connectivity index (χ0n) is 7.61. The lowest BCUT2D eigenvalue weighted by molar-refractivity contribution is -0.0811. The fraction of sp³-hybridized carbons (Fsp3) is 1.00. The van der Waals surface area contributed by atoms with E-state index < -0.39 is 5.92 Å². The molecule has 0 radical (unpaired) electrons. The fourth-order valence-corrected chi connectivity index (χ4v) is 2.12. The molecular weight excluding hydrogens is 176 g/mol. The Balaban J connectivity index is 1.95. The summed E-state index contributed by atoms with van der Waals surface area (Å²) in [4.78, 5) is 0. The maximum Gasteiger partial charge on any atom is 0.248 e. The van der Waals surface area contributed by atoms with Crippen LogP contribution in [0.2, 0.25) is 0 Å². The van der Waals surface area contributed by atoms with Crippen molar-refractivity contribution in [2.75, 3.05) is 19.8 Å². The standard InChI is InChI=1S/C9H15F2NO/c10-9(11)3-1-8(2-4-9)7-13-6-5-12-8/h12H,1-7H2. The lowest BCUT2D eigenvalue weighted by Crippen LogP contribution is -2.57. The molecule has 76 valence electrons. The van der Waals surface area contributed by atoms with Crippen LogP contribution in [0.5, 0.6) is 0 Å². The highest BCUT2D eigenvalue weighted by Crippen LogP contribution is 2.39. The van der Waals surface area contributed by atoms with Crippen molar-refractivity contribution in [1.29, 1.82) is 0 Å². The molecule has 0 amide bonds. The lowest BCUT2D eigenvalue weighted by atomic mass is 9.80. The van der Waals surface area contributed by atoms with Crippen LogP contribution in [-0.4, -0.2) is 31.2 Å². The summed E-state index contributed by atoms with van der Waals surface area (Å²) in [6.07, 6.45) is 1.09. The first kappa shape index (κ1) is 9.34. The summed E-state index contributed by atoms with van der Waals surface area (Å²) in [6.45, 7) is 2.10. The fourth-order valence-electron chi connectivity index (χ4n) is 2.12. The van der Waals surface area contributed by atoms with Gasteiger partial charge in [0.2, 0.25) is 5.92 Å². The number of alkyl halides is 2. The average Bonchev–Trinajstić information content (AvgIpc) is 2.13. The Hall–Kier alpha value is -0.220. The third kappa shape index (κ3) is 1.99. The van der Waals surface area contributed by atoms with Gasteiger partial charge in [-0.3, -0.25) is 0 Å². The van der Waals surface area contributed by atoms with Crippen molar-refractivity contribution in [2.45, 2.75) is 37.1 Å². The van der Waals surface area contributed by atoms with E-state index in [9.17, 15) is 8.78 Å². The second kappa shape index (κ2) is 3.17. The Morgan fingerprint density at radius 2 is 1.77 bits per heavy atom. The molecule has 0 aromatic rings. The first-order valence-electron chi connectivity index (χ1n) is 4.83. The Morgan fingerprint density at radius 1 is 1.08 bits per heavy atom.